The van der Waals surface area contributed by atoms with Crippen LogP contribution in [0.3, 0.4) is 0 Å². The Morgan fingerprint density at radius 2 is 2.14 bits per heavy atom. The molecule has 6 rings (SSSR count). The van der Waals surface area contributed by atoms with Crippen molar-refractivity contribution in [1.82, 2.24) is 9.88 Å². The molecular weight excluding hydrogens is 360 g/mol. The highest BCUT2D eigenvalue weighted by atomic mass is 16.4. The van der Waals surface area contributed by atoms with Crippen molar-refractivity contribution in [2.75, 3.05) is 6.54 Å². The minimum atomic E-state index is -0.818. The van der Waals surface area contributed by atoms with E-state index in [4.69, 9.17) is 5.11 Å². The fourth-order valence-corrected chi connectivity index (χ4v) is 6.86. The van der Waals surface area contributed by atoms with Crippen LogP contribution in [0.5, 0.6) is 0 Å². The molecule has 3 fully saturated rings. The Hall–Kier alpha value is -2.07. The van der Waals surface area contributed by atoms with E-state index in [1.807, 2.05) is 6.08 Å². The Kier molecular flexibility index (Phi) is 3.80. The van der Waals surface area contributed by atoms with Gasteiger partial charge in [0, 0.05) is 35.3 Å². The number of hydrogen-bond donors (Lipinski definition) is 2. The molecule has 0 spiro atoms. The molecule has 0 bridgehead atoms. The zero-order chi connectivity index (χ0) is 19.8. The minimum absolute atomic E-state index is 0.326. The molecule has 1 aliphatic heterocycles. The summed E-state index contributed by atoms with van der Waals surface area (Å²) in [5.41, 5.74) is 4.61. The maximum absolute atomic E-state index is 11.0. The Balaban J connectivity index is 1.41. The van der Waals surface area contributed by atoms with Crippen LogP contribution >= 0.6 is 0 Å². The highest BCUT2D eigenvalue weighted by Gasteiger charge is 2.65. The molecule has 5 unspecified atom stereocenters. The molecule has 1 aromatic heterocycles. The first-order valence-electron chi connectivity index (χ1n) is 11.3. The van der Waals surface area contributed by atoms with Gasteiger partial charge in [-0.15, -0.1) is 0 Å². The average Bonchev–Trinajstić information content (AvgIpc) is 3.43. The van der Waals surface area contributed by atoms with Gasteiger partial charge in [-0.1, -0.05) is 24.3 Å². The highest BCUT2D eigenvalue weighted by Crippen LogP contribution is 2.72. The van der Waals surface area contributed by atoms with E-state index in [1.165, 1.54) is 60.5 Å². The Morgan fingerprint density at radius 3 is 2.83 bits per heavy atom. The SMILES string of the molecule is CC1Cc2c([nH]c3ccccc23)C(C23CCC2C(/C=C/C(=O)O)C3)N1CC1CC1. The molecule has 152 valence electrons. The molecular formula is C25H30N2O2. The van der Waals surface area contributed by atoms with Crippen LogP contribution < -0.4 is 0 Å². The molecule has 0 saturated heterocycles. The summed E-state index contributed by atoms with van der Waals surface area (Å²) in [5.74, 6) is 1.13. The monoisotopic (exact) mass is 390 g/mol. The van der Waals surface area contributed by atoms with Gasteiger partial charge < -0.3 is 10.1 Å². The number of hydrogen-bond acceptors (Lipinski definition) is 2. The van der Waals surface area contributed by atoms with Crippen molar-refractivity contribution in [2.45, 2.75) is 57.5 Å². The van der Waals surface area contributed by atoms with Crippen LogP contribution in [0.25, 0.3) is 10.9 Å². The lowest BCUT2D eigenvalue weighted by Gasteiger charge is -2.68. The van der Waals surface area contributed by atoms with Crippen LogP contribution in [-0.4, -0.2) is 33.5 Å². The molecule has 0 radical (unpaired) electrons. The topological polar surface area (TPSA) is 56.3 Å². The number of nitrogens with zero attached hydrogens (tertiary/aromatic N) is 1. The van der Waals surface area contributed by atoms with Gasteiger partial charge in [0.25, 0.3) is 0 Å². The normalized spacial score (nSPS) is 36.4. The predicted molar refractivity (Wildman–Crippen MR) is 114 cm³/mol. The van der Waals surface area contributed by atoms with E-state index in [2.05, 4.69) is 41.1 Å². The minimum Gasteiger partial charge on any atom is -0.478 e. The Labute approximate surface area is 172 Å². The molecule has 5 atom stereocenters. The van der Waals surface area contributed by atoms with Gasteiger partial charge in [0.1, 0.15) is 0 Å². The third kappa shape index (κ3) is 2.58. The lowest BCUT2D eigenvalue weighted by molar-refractivity contribution is -0.180. The molecule has 0 amide bonds. The maximum atomic E-state index is 11.0. The van der Waals surface area contributed by atoms with Gasteiger partial charge in [0.15, 0.2) is 0 Å². The summed E-state index contributed by atoms with van der Waals surface area (Å²) in [6.07, 6.45) is 10.9. The first kappa shape index (κ1) is 17.8. The molecule has 4 nitrogen and oxygen atoms in total. The quantitative estimate of drug-likeness (QED) is 0.712. The molecule has 3 saturated carbocycles. The van der Waals surface area contributed by atoms with Crippen molar-refractivity contribution in [1.29, 1.82) is 0 Å². The maximum Gasteiger partial charge on any atom is 0.327 e. The zero-order valence-corrected chi connectivity index (χ0v) is 17.1. The van der Waals surface area contributed by atoms with Gasteiger partial charge >= 0.3 is 5.97 Å². The average molecular weight is 391 g/mol. The number of aromatic amines is 1. The van der Waals surface area contributed by atoms with Crippen molar-refractivity contribution in [3.63, 3.8) is 0 Å². The van der Waals surface area contributed by atoms with Crippen molar-refractivity contribution < 1.29 is 9.90 Å². The molecule has 2 heterocycles. The number of benzene rings is 1. The summed E-state index contributed by atoms with van der Waals surface area (Å²) < 4.78 is 0. The number of carboxylic acid groups (broad SMARTS) is 1. The molecule has 4 heteroatoms. The molecule has 2 N–H and O–H groups in total. The number of nitrogens with one attached hydrogen (secondary N) is 1. The van der Waals surface area contributed by atoms with E-state index in [-0.39, 0.29) is 0 Å². The van der Waals surface area contributed by atoms with Gasteiger partial charge in [-0.25, -0.2) is 4.79 Å². The first-order valence-corrected chi connectivity index (χ1v) is 11.3. The van der Waals surface area contributed by atoms with Crippen LogP contribution in [0.2, 0.25) is 0 Å². The second-order valence-electron chi connectivity index (χ2n) is 10.1. The number of H-pyrrole nitrogens is 1. The highest BCUT2D eigenvalue weighted by molar-refractivity contribution is 5.85. The largest absolute Gasteiger partial charge is 0.478 e. The first-order chi connectivity index (χ1) is 14.1. The van der Waals surface area contributed by atoms with Gasteiger partial charge in [0.05, 0.1) is 6.04 Å². The number of carbonyl (C=O) groups is 1. The number of fused-ring (bicyclic) bond motifs is 4. The number of aromatic nitrogens is 1. The Bertz CT molecular complexity index is 1000. The molecule has 4 aliphatic rings. The summed E-state index contributed by atoms with van der Waals surface area (Å²) in [7, 11) is 0. The molecule has 1 aromatic carbocycles. The standard InChI is InChI=1S/C25H30N2O2/c1-15-12-19-18-4-2-3-5-21(18)26-23(19)24(27(15)14-16-6-7-16)25-11-10-20(25)17(13-25)8-9-22(28)29/h2-5,8-9,15-17,20,24,26H,6-7,10-14H2,1H3,(H,28,29)/b9-8+. The van der Waals surface area contributed by atoms with E-state index >= 15 is 0 Å². The molecule has 3 aliphatic carbocycles. The summed E-state index contributed by atoms with van der Waals surface area (Å²) in [5, 5.41) is 10.5. The number of para-hydroxylation sites is 1. The van der Waals surface area contributed by atoms with E-state index in [0.29, 0.717) is 29.3 Å². The van der Waals surface area contributed by atoms with Crippen molar-refractivity contribution in [3.8, 4) is 0 Å². The lowest BCUT2D eigenvalue weighted by atomic mass is 9.39. The number of carboxylic acids is 1. The van der Waals surface area contributed by atoms with E-state index in [0.717, 1.165) is 18.8 Å². The summed E-state index contributed by atoms with van der Waals surface area (Å²) >= 11 is 0. The van der Waals surface area contributed by atoms with Crippen LogP contribution in [0, 0.1) is 23.2 Å². The van der Waals surface area contributed by atoms with Crippen LogP contribution in [-0.2, 0) is 11.2 Å². The zero-order valence-electron chi connectivity index (χ0n) is 17.1. The van der Waals surface area contributed by atoms with Crippen molar-refractivity contribution in [3.05, 3.63) is 47.7 Å². The van der Waals surface area contributed by atoms with Crippen molar-refractivity contribution >= 4 is 16.9 Å². The van der Waals surface area contributed by atoms with Gasteiger partial charge in [0.2, 0.25) is 0 Å². The van der Waals surface area contributed by atoms with Gasteiger partial charge in [-0.3, -0.25) is 4.90 Å². The third-order valence-corrected chi connectivity index (χ3v) is 8.51. The smallest absolute Gasteiger partial charge is 0.327 e. The fourth-order valence-electron chi connectivity index (χ4n) is 6.86. The predicted octanol–water partition coefficient (Wildman–Crippen LogP) is 4.92. The number of aliphatic carboxylic acids is 1. The van der Waals surface area contributed by atoms with Crippen LogP contribution in [0.4, 0.5) is 0 Å². The number of allylic oxidation sites excluding steroid dienone is 1. The summed E-state index contributed by atoms with van der Waals surface area (Å²) in [4.78, 5) is 17.7. The third-order valence-electron chi connectivity index (χ3n) is 8.51. The van der Waals surface area contributed by atoms with Crippen LogP contribution in [0.15, 0.2) is 36.4 Å². The summed E-state index contributed by atoms with van der Waals surface area (Å²) in [6, 6.07) is 9.81. The Morgan fingerprint density at radius 1 is 1.31 bits per heavy atom. The fraction of sp³-hybridized carbons (Fsp3) is 0.560. The lowest BCUT2D eigenvalue weighted by Crippen LogP contribution is -2.63. The van der Waals surface area contributed by atoms with Gasteiger partial charge in [-0.05, 0) is 80.2 Å². The van der Waals surface area contributed by atoms with Gasteiger partial charge in [-0.2, -0.15) is 0 Å². The molecule has 2 aromatic rings. The number of rotatable bonds is 5. The molecule has 29 heavy (non-hydrogen) atoms. The van der Waals surface area contributed by atoms with E-state index < -0.39 is 5.97 Å². The second kappa shape index (κ2) is 6.21. The van der Waals surface area contributed by atoms with Crippen molar-refractivity contribution in [2.24, 2.45) is 23.2 Å². The summed E-state index contributed by atoms with van der Waals surface area (Å²) in [6.45, 7) is 3.65. The van der Waals surface area contributed by atoms with E-state index in [1.54, 1.807) is 0 Å². The van der Waals surface area contributed by atoms with E-state index in [9.17, 15) is 4.79 Å². The second-order valence-corrected chi connectivity index (χ2v) is 10.1. The van der Waals surface area contributed by atoms with Crippen LogP contribution in [0.1, 0.15) is 56.3 Å².